The standard InChI is InChI=1S/C11H17N3O2/c1-3-4-9(6-11(15)16)14-10-5-8(2)12-7-13-10/h5,7,9H,3-4,6H2,1-2H3,(H,15,16)(H,12,13,14). The lowest BCUT2D eigenvalue weighted by atomic mass is 10.1. The molecular formula is C11H17N3O2. The van der Waals surface area contributed by atoms with Crippen molar-refractivity contribution in [2.45, 2.75) is 39.2 Å². The molecule has 16 heavy (non-hydrogen) atoms. The van der Waals surface area contributed by atoms with E-state index >= 15 is 0 Å². The van der Waals surface area contributed by atoms with E-state index in [1.807, 2.05) is 19.9 Å². The van der Waals surface area contributed by atoms with Crippen molar-refractivity contribution in [2.75, 3.05) is 5.32 Å². The Kier molecular flexibility index (Phi) is 4.69. The third-order valence-corrected chi connectivity index (χ3v) is 2.21. The zero-order chi connectivity index (χ0) is 12.0. The van der Waals surface area contributed by atoms with Crippen LogP contribution in [0, 0.1) is 6.92 Å². The van der Waals surface area contributed by atoms with Gasteiger partial charge in [-0.1, -0.05) is 13.3 Å². The maximum absolute atomic E-state index is 10.7. The van der Waals surface area contributed by atoms with E-state index in [9.17, 15) is 4.79 Å². The number of aliphatic carboxylic acids is 1. The van der Waals surface area contributed by atoms with Crippen molar-refractivity contribution < 1.29 is 9.90 Å². The Morgan fingerprint density at radius 1 is 1.56 bits per heavy atom. The summed E-state index contributed by atoms with van der Waals surface area (Å²) in [5.74, 6) is -0.107. The molecule has 1 aromatic heterocycles. The molecule has 0 aliphatic carbocycles. The molecule has 0 spiro atoms. The van der Waals surface area contributed by atoms with E-state index in [-0.39, 0.29) is 12.5 Å². The second kappa shape index (κ2) is 6.05. The summed E-state index contributed by atoms with van der Waals surface area (Å²) in [6, 6.07) is 1.74. The second-order valence-corrected chi connectivity index (χ2v) is 3.77. The Hall–Kier alpha value is -1.65. The van der Waals surface area contributed by atoms with E-state index in [4.69, 9.17) is 5.11 Å². The molecule has 0 radical (unpaired) electrons. The Morgan fingerprint density at radius 2 is 2.31 bits per heavy atom. The van der Waals surface area contributed by atoms with Gasteiger partial charge in [-0.15, -0.1) is 0 Å². The number of carboxylic acid groups (broad SMARTS) is 1. The monoisotopic (exact) mass is 223 g/mol. The number of carboxylic acids is 1. The summed E-state index contributed by atoms with van der Waals surface area (Å²) < 4.78 is 0. The van der Waals surface area contributed by atoms with Gasteiger partial charge in [-0.3, -0.25) is 4.79 Å². The van der Waals surface area contributed by atoms with Gasteiger partial charge in [0.25, 0.3) is 0 Å². The molecule has 0 saturated heterocycles. The number of hydrogen-bond donors (Lipinski definition) is 2. The molecule has 0 aliphatic heterocycles. The van der Waals surface area contributed by atoms with Crippen molar-refractivity contribution in [1.82, 2.24) is 9.97 Å². The molecule has 5 nitrogen and oxygen atoms in total. The van der Waals surface area contributed by atoms with Crippen molar-refractivity contribution in [3.05, 3.63) is 18.1 Å². The molecule has 0 aromatic carbocycles. The zero-order valence-electron chi connectivity index (χ0n) is 9.60. The van der Waals surface area contributed by atoms with Crippen LogP contribution in [0.15, 0.2) is 12.4 Å². The fraction of sp³-hybridized carbons (Fsp3) is 0.545. The van der Waals surface area contributed by atoms with Crippen LogP contribution in [0.1, 0.15) is 31.9 Å². The summed E-state index contributed by atoms with van der Waals surface area (Å²) >= 11 is 0. The average Bonchev–Trinajstić information content (AvgIpc) is 2.16. The van der Waals surface area contributed by atoms with Crippen LogP contribution in [0.25, 0.3) is 0 Å². The van der Waals surface area contributed by atoms with Crippen LogP contribution >= 0.6 is 0 Å². The summed E-state index contributed by atoms with van der Waals surface area (Å²) in [6.45, 7) is 3.90. The van der Waals surface area contributed by atoms with Gasteiger partial charge in [-0.05, 0) is 13.3 Å². The van der Waals surface area contributed by atoms with E-state index in [2.05, 4.69) is 15.3 Å². The number of hydrogen-bond acceptors (Lipinski definition) is 4. The molecule has 0 fully saturated rings. The molecular weight excluding hydrogens is 206 g/mol. The Morgan fingerprint density at radius 3 is 2.88 bits per heavy atom. The largest absolute Gasteiger partial charge is 0.481 e. The first kappa shape index (κ1) is 12.4. The summed E-state index contributed by atoms with van der Waals surface area (Å²) in [5.41, 5.74) is 0.864. The molecule has 1 rings (SSSR count). The van der Waals surface area contributed by atoms with Crippen LogP contribution in [0.4, 0.5) is 5.82 Å². The first-order chi connectivity index (χ1) is 7.61. The summed E-state index contributed by atoms with van der Waals surface area (Å²) in [5, 5.41) is 11.9. The minimum atomic E-state index is -0.795. The van der Waals surface area contributed by atoms with Crippen molar-refractivity contribution in [1.29, 1.82) is 0 Å². The third-order valence-electron chi connectivity index (χ3n) is 2.21. The van der Waals surface area contributed by atoms with Crippen molar-refractivity contribution in [3.63, 3.8) is 0 Å². The molecule has 1 heterocycles. The van der Waals surface area contributed by atoms with E-state index in [0.29, 0.717) is 5.82 Å². The Bertz CT molecular complexity index is 355. The maximum atomic E-state index is 10.7. The van der Waals surface area contributed by atoms with Crippen LogP contribution in [0.5, 0.6) is 0 Å². The number of rotatable bonds is 6. The Balaban J connectivity index is 2.63. The molecule has 0 bridgehead atoms. The molecule has 1 unspecified atom stereocenters. The Labute approximate surface area is 94.9 Å². The smallest absolute Gasteiger partial charge is 0.305 e. The second-order valence-electron chi connectivity index (χ2n) is 3.77. The first-order valence-corrected chi connectivity index (χ1v) is 5.38. The minimum absolute atomic E-state index is 0.0724. The normalized spacial score (nSPS) is 12.1. The topological polar surface area (TPSA) is 75.1 Å². The number of aryl methyl sites for hydroxylation is 1. The molecule has 0 amide bonds. The molecule has 2 N–H and O–H groups in total. The number of aromatic nitrogens is 2. The van der Waals surface area contributed by atoms with Crippen LogP contribution in [0.2, 0.25) is 0 Å². The highest BCUT2D eigenvalue weighted by Crippen LogP contribution is 2.10. The number of nitrogens with zero attached hydrogens (tertiary/aromatic N) is 2. The van der Waals surface area contributed by atoms with Gasteiger partial charge < -0.3 is 10.4 Å². The van der Waals surface area contributed by atoms with E-state index in [1.165, 1.54) is 6.33 Å². The summed E-state index contributed by atoms with van der Waals surface area (Å²) in [4.78, 5) is 18.7. The fourth-order valence-electron chi connectivity index (χ4n) is 1.53. The lowest BCUT2D eigenvalue weighted by Crippen LogP contribution is -2.23. The van der Waals surface area contributed by atoms with E-state index in [0.717, 1.165) is 18.5 Å². The number of nitrogens with one attached hydrogen (secondary N) is 1. The van der Waals surface area contributed by atoms with Gasteiger partial charge in [0.2, 0.25) is 0 Å². The third kappa shape index (κ3) is 4.25. The quantitative estimate of drug-likeness (QED) is 0.769. The maximum Gasteiger partial charge on any atom is 0.305 e. The van der Waals surface area contributed by atoms with Crippen molar-refractivity contribution in [2.24, 2.45) is 0 Å². The van der Waals surface area contributed by atoms with Gasteiger partial charge in [0.15, 0.2) is 0 Å². The van der Waals surface area contributed by atoms with Gasteiger partial charge >= 0.3 is 5.97 Å². The zero-order valence-corrected chi connectivity index (χ0v) is 9.60. The van der Waals surface area contributed by atoms with Gasteiger partial charge in [0, 0.05) is 17.8 Å². The SMILES string of the molecule is CCCC(CC(=O)O)Nc1cc(C)ncn1. The number of carbonyl (C=O) groups is 1. The van der Waals surface area contributed by atoms with Crippen LogP contribution in [-0.2, 0) is 4.79 Å². The van der Waals surface area contributed by atoms with Crippen molar-refractivity contribution in [3.8, 4) is 0 Å². The molecule has 0 saturated carbocycles. The summed E-state index contributed by atoms with van der Waals surface area (Å²) in [7, 11) is 0. The van der Waals surface area contributed by atoms with Gasteiger partial charge in [-0.25, -0.2) is 9.97 Å². The number of anilines is 1. The van der Waals surface area contributed by atoms with Crippen LogP contribution in [0.3, 0.4) is 0 Å². The predicted molar refractivity (Wildman–Crippen MR) is 61.3 cm³/mol. The molecule has 5 heteroatoms. The first-order valence-electron chi connectivity index (χ1n) is 5.38. The van der Waals surface area contributed by atoms with Gasteiger partial charge in [0.05, 0.1) is 6.42 Å². The minimum Gasteiger partial charge on any atom is -0.481 e. The van der Waals surface area contributed by atoms with E-state index < -0.39 is 5.97 Å². The summed E-state index contributed by atoms with van der Waals surface area (Å²) in [6.07, 6.45) is 3.34. The van der Waals surface area contributed by atoms with Gasteiger partial charge in [-0.2, -0.15) is 0 Å². The highest BCUT2D eigenvalue weighted by Gasteiger charge is 2.12. The van der Waals surface area contributed by atoms with Crippen LogP contribution < -0.4 is 5.32 Å². The lowest BCUT2D eigenvalue weighted by Gasteiger charge is -2.16. The van der Waals surface area contributed by atoms with Crippen LogP contribution in [-0.4, -0.2) is 27.1 Å². The molecule has 0 aliphatic rings. The van der Waals surface area contributed by atoms with E-state index in [1.54, 1.807) is 0 Å². The lowest BCUT2D eigenvalue weighted by molar-refractivity contribution is -0.137. The molecule has 88 valence electrons. The van der Waals surface area contributed by atoms with Gasteiger partial charge in [0.1, 0.15) is 12.1 Å². The average molecular weight is 223 g/mol. The fourth-order valence-corrected chi connectivity index (χ4v) is 1.53. The highest BCUT2D eigenvalue weighted by molar-refractivity contribution is 5.68. The highest BCUT2D eigenvalue weighted by atomic mass is 16.4. The predicted octanol–water partition coefficient (Wildman–Crippen LogP) is 1.84. The van der Waals surface area contributed by atoms with Crippen molar-refractivity contribution >= 4 is 11.8 Å². The molecule has 1 atom stereocenters. The molecule has 1 aromatic rings.